The van der Waals surface area contributed by atoms with E-state index in [2.05, 4.69) is 53.9 Å². The number of hydrogen-bond acceptors (Lipinski definition) is 4. The zero-order chi connectivity index (χ0) is 17.9. The van der Waals surface area contributed by atoms with Crippen molar-refractivity contribution >= 4 is 39.0 Å². The van der Waals surface area contributed by atoms with Crippen LogP contribution in [0, 0.1) is 0 Å². The highest BCUT2D eigenvalue weighted by atomic mass is 79.9. The second kappa shape index (κ2) is 7.63. The first-order chi connectivity index (χ1) is 12.7. The molecule has 1 fully saturated rings. The second-order valence-corrected chi connectivity index (χ2v) is 8.19. The van der Waals surface area contributed by atoms with E-state index in [1.54, 1.807) is 11.3 Å². The SMILES string of the molecule is O=C(Cc1ccccc1Br)N[C@@H]1CCN(c2cc(-c3cccs3)[nH]n2)C1. The molecule has 2 N–H and O–H groups in total. The minimum Gasteiger partial charge on any atom is -0.353 e. The summed E-state index contributed by atoms with van der Waals surface area (Å²) in [5, 5.41) is 12.8. The van der Waals surface area contributed by atoms with Gasteiger partial charge in [0.25, 0.3) is 0 Å². The molecule has 0 unspecified atom stereocenters. The van der Waals surface area contributed by atoms with E-state index >= 15 is 0 Å². The number of halogens is 1. The summed E-state index contributed by atoms with van der Waals surface area (Å²) in [6.07, 6.45) is 1.33. The molecule has 0 radical (unpaired) electrons. The zero-order valence-corrected chi connectivity index (χ0v) is 16.5. The van der Waals surface area contributed by atoms with Gasteiger partial charge in [0.05, 0.1) is 17.0 Å². The molecule has 1 aliphatic rings. The minimum absolute atomic E-state index is 0.0602. The highest BCUT2D eigenvalue weighted by Gasteiger charge is 2.25. The summed E-state index contributed by atoms with van der Waals surface area (Å²) >= 11 is 5.19. The van der Waals surface area contributed by atoms with E-state index in [-0.39, 0.29) is 11.9 Å². The summed E-state index contributed by atoms with van der Waals surface area (Å²) in [6, 6.07) is 14.2. The summed E-state index contributed by atoms with van der Waals surface area (Å²) in [7, 11) is 0. The number of carbonyl (C=O) groups is 1. The van der Waals surface area contributed by atoms with Crippen LogP contribution in [0.4, 0.5) is 5.82 Å². The highest BCUT2D eigenvalue weighted by Crippen LogP contribution is 2.27. The molecule has 5 nitrogen and oxygen atoms in total. The van der Waals surface area contributed by atoms with Crippen molar-refractivity contribution in [3.63, 3.8) is 0 Å². The average molecular weight is 431 g/mol. The third-order valence-corrected chi connectivity index (χ3v) is 6.21. The molecule has 1 atom stereocenters. The normalized spacial score (nSPS) is 16.8. The number of aromatic amines is 1. The number of nitrogens with zero attached hydrogens (tertiary/aromatic N) is 2. The van der Waals surface area contributed by atoms with Crippen molar-refractivity contribution in [3.8, 4) is 10.6 Å². The van der Waals surface area contributed by atoms with Gasteiger partial charge in [0, 0.05) is 29.7 Å². The van der Waals surface area contributed by atoms with Crippen LogP contribution >= 0.6 is 27.3 Å². The van der Waals surface area contributed by atoms with Crippen LogP contribution in [0.25, 0.3) is 10.6 Å². The fourth-order valence-electron chi connectivity index (χ4n) is 3.21. The molecule has 1 aromatic carbocycles. The Hall–Kier alpha value is -2.12. The fourth-order valence-corrected chi connectivity index (χ4v) is 4.33. The number of amides is 1. The lowest BCUT2D eigenvalue weighted by Crippen LogP contribution is -2.38. The number of rotatable bonds is 5. The molecule has 7 heteroatoms. The molecular weight excluding hydrogens is 412 g/mol. The van der Waals surface area contributed by atoms with Gasteiger partial charge in [-0.05, 0) is 29.5 Å². The second-order valence-electron chi connectivity index (χ2n) is 6.38. The van der Waals surface area contributed by atoms with Gasteiger partial charge in [0.15, 0.2) is 5.82 Å². The maximum atomic E-state index is 12.4. The largest absolute Gasteiger partial charge is 0.353 e. The van der Waals surface area contributed by atoms with Gasteiger partial charge in [0.2, 0.25) is 5.91 Å². The molecule has 3 heterocycles. The first-order valence-electron chi connectivity index (χ1n) is 8.56. The Balaban J connectivity index is 1.34. The fraction of sp³-hybridized carbons (Fsp3) is 0.263. The van der Waals surface area contributed by atoms with Gasteiger partial charge in [-0.25, -0.2) is 0 Å². The Labute approximate surface area is 164 Å². The topological polar surface area (TPSA) is 61.0 Å². The first kappa shape index (κ1) is 17.3. The molecule has 4 rings (SSSR count). The summed E-state index contributed by atoms with van der Waals surface area (Å²) in [5.74, 6) is 1.00. The predicted octanol–water partition coefficient (Wildman–Crippen LogP) is 3.84. The van der Waals surface area contributed by atoms with Crippen LogP contribution in [0.2, 0.25) is 0 Å². The quantitative estimate of drug-likeness (QED) is 0.646. The Kier molecular flexibility index (Phi) is 5.08. The van der Waals surface area contributed by atoms with Gasteiger partial charge >= 0.3 is 0 Å². The molecule has 3 aromatic rings. The van der Waals surface area contributed by atoms with Crippen molar-refractivity contribution in [2.75, 3.05) is 18.0 Å². The van der Waals surface area contributed by atoms with E-state index in [1.165, 1.54) is 4.88 Å². The van der Waals surface area contributed by atoms with E-state index < -0.39 is 0 Å². The molecule has 1 aliphatic heterocycles. The number of carbonyl (C=O) groups excluding carboxylic acids is 1. The van der Waals surface area contributed by atoms with Gasteiger partial charge < -0.3 is 10.2 Å². The highest BCUT2D eigenvalue weighted by molar-refractivity contribution is 9.10. The first-order valence-corrected chi connectivity index (χ1v) is 10.2. The summed E-state index contributed by atoms with van der Waals surface area (Å²) in [5.41, 5.74) is 2.05. The van der Waals surface area contributed by atoms with Crippen LogP contribution < -0.4 is 10.2 Å². The van der Waals surface area contributed by atoms with Crippen LogP contribution in [0.3, 0.4) is 0 Å². The van der Waals surface area contributed by atoms with E-state index in [0.29, 0.717) is 6.42 Å². The standard InChI is InChI=1S/C19H19BrN4OS/c20-15-5-2-1-4-13(15)10-19(25)21-14-7-8-24(12-14)18-11-16(22-23-18)17-6-3-9-26-17/h1-6,9,11,14H,7-8,10,12H2,(H,21,25)(H,22,23)/t14-/m1/s1. The van der Waals surface area contributed by atoms with Crippen LogP contribution in [-0.4, -0.2) is 35.2 Å². The van der Waals surface area contributed by atoms with E-state index in [0.717, 1.165) is 41.1 Å². The van der Waals surface area contributed by atoms with Crippen molar-refractivity contribution in [1.82, 2.24) is 15.5 Å². The van der Waals surface area contributed by atoms with Crippen LogP contribution in [0.5, 0.6) is 0 Å². The molecule has 1 saturated heterocycles. The summed E-state index contributed by atoms with van der Waals surface area (Å²) < 4.78 is 0.973. The Bertz CT molecular complexity index is 893. The van der Waals surface area contributed by atoms with Gasteiger partial charge in [0.1, 0.15) is 0 Å². The Morgan fingerprint density at radius 3 is 3.04 bits per heavy atom. The molecule has 0 aliphatic carbocycles. The van der Waals surface area contributed by atoms with Crippen molar-refractivity contribution in [2.45, 2.75) is 18.9 Å². The lowest BCUT2D eigenvalue weighted by Gasteiger charge is -2.16. The summed E-state index contributed by atoms with van der Waals surface area (Å²) in [6.45, 7) is 1.69. The number of nitrogens with one attached hydrogen (secondary N) is 2. The van der Waals surface area contributed by atoms with Crippen molar-refractivity contribution in [2.24, 2.45) is 0 Å². The maximum Gasteiger partial charge on any atom is 0.224 e. The number of aromatic nitrogens is 2. The van der Waals surface area contributed by atoms with E-state index in [4.69, 9.17) is 0 Å². The Morgan fingerprint density at radius 1 is 1.35 bits per heavy atom. The Morgan fingerprint density at radius 2 is 2.23 bits per heavy atom. The number of H-pyrrole nitrogens is 1. The van der Waals surface area contributed by atoms with Crippen LogP contribution in [-0.2, 0) is 11.2 Å². The van der Waals surface area contributed by atoms with Crippen molar-refractivity contribution < 1.29 is 4.79 Å². The number of anilines is 1. The van der Waals surface area contributed by atoms with Gasteiger partial charge in [-0.1, -0.05) is 40.2 Å². The minimum atomic E-state index is 0.0602. The van der Waals surface area contributed by atoms with Crippen molar-refractivity contribution in [3.05, 3.63) is 57.9 Å². The molecular formula is C19H19BrN4OS. The molecule has 2 aromatic heterocycles. The van der Waals surface area contributed by atoms with Crippen LogP contribution in [0.15, 0.2) is 52.3 Å². The zero-order valence-electron chi connectivity index (χ0n) is 14.1. The van der Waals surface area contributed by atoms with Crippen molar-refractivity contribution in [1.29, 1.82) is 0 Å². The number of hydrogen-bond donors (Lipinski definition) is 2. The van der Waals surface area contributed by atoms with Gasteiger partial charge in [-0.15, -0.1) is 11.3 Å². The predicted molar refractivity (Wildman–Crippen MR) is 109 cm³/mol. The van der Waals surface area contributed by atoms with Gasteiger partial charge in [-0.2, -0.15) is 5.10 Å². The molecule has 134 valence electrons. The number of thiophene rings is 1. The smallest absolute Gasteiger partial charge is 0.224 e. The molecule has 26 heavy (non-hydrogen) atoms. The van der Waals surface area contributed by atoms with E-state index in [9.17, 15) is 4.79 Å². The van der Waals surface area contributed by atoms with Gasteiger partial charge in [-0.3, -0.25) is 9.89 Å². The molecule has 1 amide bonds. The maximum absolute atomic E-state index is 12.4. The third kappa shape index (κ3) is 3.83. The molecule has 0 saturated carbocycles. The third-order valence-electron chi connectivity index (χ3n) is 4.54. The number of benzene rings is 1. The summed E-state index contributed by atoms with van der Waals surface area (Å²) in [4.78, 5) is 15.8. The van der Waals surface area contributed by atoms with Crippen LogP contribution in [0.1, 0.15) is 12.0 Å². The molecule has 0 bridgehead atoms. The molecule has 0 spiro atoms. The lowest BCUT2D eigenvalue weighted by molar-refractivity contribution is -0.121. The lowest BCUT2D eigenvalue weighted by atomic mass is 10.1. The average Bonchev–Trinajstić information content (AvgIpc) is 3.37. The van der Waals surface area contributed by atoms with E-state index in [1.807, 2.05) is 30.3 Å². The monoisotopic (exact) mass is 430 g/mol.